The van der Waals surface area contributed by atoms with Gasteiger partial charge in [-0.15, -0.1) is 0 Å². The summed E-state index contributed by atoms with van der Waals surface area (Å²) in [6.45, 7) is 3.24. The lowest BCUT2D eigenvalue weighted by atomic mass is 10.1. The molecule has 0 bridgehead atoms. The van der Waals surface area contributed by atoms with Crippen LogP contribution >= 0.6 is 0 Å². The quantitative estimate of drug-likeness (QED) is 0.609. The summed E-state index contributed by atoms with van der Waals surface area (Å²) in [5, 5.41) is 13.8. The highest BCUT2D eigenvalue weighted by molar-refractivity contribution is 5.36. The number of halogens is 1. The van der Waals surface area contributed by atoms with Crippen LogP contribution in [-0.4, -0.2) is 36.5 Å². The molecular formula is C13H20FN3O2. The minimum atomic E-state index is -0.750. The van der Waals surface area contributed by atoms with Gasteiger partial charge in [0.15, 0.2) is 0 Å². The molecule has 6 heteroatoms. The van der Waals surface area contributed by atoms with E-state index < -0.39 is 16.4 Å². The first kappa shape index (κ1) is 15.5. The number of nitrogens with one attached hydrogen (secondary N) is 1. The second-order valence-electron chi connectivity index (χ2n) is 4.88. The lowest BCUT2D eigenvalue weighted by Gasteiger charge is -2.16. The fourth-order valence-corrected chi connectivity index (χ4v) is 1.68. The number of nitrogens with zero attached hydrogens (tertiary/aromatic N) is 2. The van der Waals surface area contributed by atoms with E-state index in [1.54, 1.807) is 6.07 Å². The highest BCUT2D eigenvalue weighted by Crippen LogP contribution is 2.20. The monoisotopic (exact) mass is 269 g/mol. The maximum Gasteiger partial charge on any atom is 0.305 e. The van der Waals surface area contributed by atoms with Gasteiger partial charge in [-0.3, -0.25) is 10.1 Å². The average Bonchev–Trinajstić information content (AvgIpc) is 2.34. The number of rotatable bonds is 7. The molecule has 1 unspecified atom stereocenters. The molecule has 0 aromatic heterocycles. The molecule has 106 valence electrons. The van der Waals surface area contributed by atoms with E-state index in [2.05, 4.69) is 10.2 Å². The molecule has 0 heterocycles. The fourth-order valence-electron chi connectivity index (χ4n) is 1.68. The molecule has 1 aromatic rings. The SMILES string of the molecule is CC(CCN(C)C)NCc1cccc([N+](=O)[O-])c1F. The van der Waals surface area contributed by atoms with Crippen molar-refractivity contribution in [1.29, 1.82) is 0 Å². The number of benzene rings is 1. The molecular weight excluding hydrogens is 249 g/mol. The Hall–Kier alpha value is -1.53. The van der Waals surface area contributed by atoms with Crippen LogP contribution in [0.25, 0.3) is 0 Å². The fraction of sp³-hybridized carbons (Fsp3) is 0.538. The highest BCUT2D eigenvalue weighted by Gasteiger charge is 2.17. The molecule has 0 saturated heterocycles. The van der Waals surface area contributed by atoms with Gasteiger partial charge < -0.3 is 10.2 Å². The summed E-state index contributed by atoms with van der Waals surface area (Å²) < 4.78 is 13.8. The van der Waals surface area contributed by atoms with E-state index in [0.29, 0.717) is 12.1 Å². The number of hydrogen-bond acceptors (Lipinski definition) is 4. The molecule has 0 saturated carbocycles. The summed E-state index contributed by atoms with van der Waals surface area (Å²) in [5.74, 6) is -0.750. The Labute approximate surface area is 112 Å². The summed E-state index contributed by atoms with van der Waals surface area (Å²) in [7, 11) is 3.99. The Morgan fingerprint density at radius 3 is 2.74 bits per heavy atom. The van der Waals surface area contributed by atoms with Crippen LogP contribution in [-0.2, 0) is 6.54 Å². The van der Waals surface area contributed by atoms with Gasteiger partial charge in [-0.05, 0) is 34.0 Å². The molecule has 0 spiro atoms. The number of nitro groups is 1. The van der Waals surface area contributed by atoms with Crippen molar-refractivity contribution in [2.45, 2.75) is 25.9 Å². The third kappa shape index (κ3) is 4.92. The smallest absolute Gasteiger partial charge is 0.305 e. The lowest BCUT2D eigenvalue weighted by molar-refractivity contribution is -0.387. The minimum Gasteiger partial charge on any atom is -0.310 e. The first-order chi connectivity index (χ1) is 8.91. The standard InChI is InChI=1S/C13H20FN3O2/c1-10(7-8-16(2)3)15-9-11-5-4-6-12(13(11)14)17(18)19/h4-6,10,15H,7-9H2,1-3H3. The van der Waals surface area contributed by atoms with Gasteiger partial charge in [0.05, 0.1) is 4.92 Å². The summed E-state index contributed by atoms with van der Waals surface area (Å²) in [5.41, 5.74) is -0.147. The van der Waals surface area contributed by atoms with Crippen LogP contribution in [0.1, 0.15) is 18.9 Å². The van der Waals surface area contributed by atoms with Gasteiger partial charge in [0.2, 0.25) is 5.82 Å². The number of nitro benzene ring substituents is 1. The first-order valence-electron chi connectivity index (χ1n) is 6.21. The third-order valence-electron chi connectivity index (χ3n) is 2.91. The van der Waals surface area contributed by atoms with Gasteiger partial charge >= 0.3 is 5.69 Å². The summed E-state index contributed by atoms with van der Waals surface area (Å²) in [6.07, 6.45) is 0.934. The van der Waals surface area contributed by atoms with E-state index >= 15 is 0 Å². The van der Waals surface area contributed by atoms with Crippen LogP contribution in [0.3, 0.4) is 0 Å². The van der Waals surface area contributed by atoms with Crippen LogP contribution in [0.15, 0.2) is 18.2 Å². The van der Waals surface area contributed by atoms with Crippen molar-refractivity contribution in [3.05, 3.63) is 39.7 Å². The van der Waals surface area contributed by atoms with Crippen molar-refractivity contribution in [1.82, 2.24) is 10.2 Å². The predicted octanol–water partition coefficient (Wildman–Crippen LogP) is 2.16. The van der Waals surface area contributed by atoms with Crippen molar-refractivity contribution in [3.8, 4) is 0 Å². The van der Waals surface area contributed by atoms with Crippen LogP contribution in [0.4, 0.5) is 10.1 Å². The summed E-state index contributed by atoms with van der Waals surface area (Å²) >= 11 is 0. The zero-order chi connectivity index (χ0) is 14.4. The van der Waals surface area contributed by atoms with E-state index in [0.717, 1.165) is 13.0 Å². The van der Waals surface area contributed by atoms with Crippen LogP contribution in [0.2, 0.25) is 0 Å². The topological polar surface area (TPSA) is 58.4 Å². The van der Waals surface area contributed by atoms with Crippen molar-refractivity contribution in [2.75, 3.05) is 20.6 Å². The van der Waals surface area contributed by atoms with Crippen LogP contribution in [0, 0.1) is 15.9 Å². The molecule has 19 heavy (non-hydrogen) atoms. The molecule has 0 fully saturated rings. The van der Waals surface area contributed by atoms with Crippen LogP contribution < -0.4 is 5.32 Å². The van der Waals surface area contributed by atoms with Gasteiger partial charge in [-0.25, -0.2) is 0 Å². The van der Waals surface area contributed by atoms with Crippen LogP contribution in [0.5, 0.6) is 0 Å². The molecule has 0 amide bonds. The van der Waals surface area contributed by atoms with Gasteiger partial charge in [0.25, 0.3) is 0 Å². The van der Waals surface area contributed by atoms with E-state index in [4.69, 9.17) is 0 Å². The maximum absolute atomic E-state index is 13.8. The Kier molecular flexibility index (Phi) is 5.85. The molecule has 1 atom stereocenters. The molecule has 1 aromatic carbocycles. The first-order valence-corrected chi connectivity index (χ1v) is 6.21. The molecule has 1 N–H and O–H groups in total. The predicted molar refractivity (Wildman–Crippen MR) is 72.5 cm³/mol. The van der Waals surface area contributed by atoms with Crippen molar-refractivity contribution in [2.24, 2.45) is 0 Å². The largest absolute Gasteiger partial charge is 0.310 e. The maximum atomic E-state index is 13.8. The molecule has 1 rings (SSSR count). The number of hydrogen-bond donors (Lipinski definition) is 1. The van der Waals surface area contributed by atoms with E-state index in [9.17, 15) is 14.5 Å². The van der Waals surface area contributed by atoms with Gasteiger partial charge in [0, 0.05) is 24.2 Å². The second-order valence-corrected chi connectivity index (χ2v) is 4.88. The Morgan fingerprint density at radius 1 is 1.47 bits per heavy atom. The molecule has 0 aliphatic rings. The van der Waals surface area contributed by atoms with E-state index in [1.807, 2.05) is 21.0 Å². The molecule has 0 radical (unpaired) electrons. The summed E-state index contributed by atoms with van der Waals surface area (Å²) in [4.78, 5) is 12.0. The molecule has 0 aliphatic carbocycles. The van der Waals surface area contributed by atoms with Gasteiger partial charge in [0.1, 0.15) is 0 Å². The van der Waals surface area contributed by atoms with E-state index in [-0.39, 0.29) is 6.04 Å². The average molecular weight is 269 g/mol. The normalized spacial score (nSPS) is 12.7. The van der Waals surface area contributed by atoms with Gasteiger partial charge in [-0.1, -0.05) is 12.1 Å². The lowest BCUT2D eigenvalue weighted by Crippen LogP contribution is -2.29. The second kappa shape index (κ2) is 7.16. The zero-order valence-electron chi connectivity index (χ0n) is 11.5. The Bertz CT molecular complexity index is 438. The molecule has 0 aliphatic heterocycles. The minimum absolute atomic E-state index is 0.223. The Morgan fingerprint density at radius 2 is 2.16 bits per heavy atom. The van der Waals surface area contributed by atoms with Crippen molar-refractivity contribution < 1.29 is 9.31 Å². The van der Waals surface area contributed by atoms with E-state index in [1.165, 1.54) is 12.1 Å². The Balaban J connectivity index is 2.58. The zero-order valence-corrected chi connectivity index (χ0v) is 11.5. The highest BCUT2D eigenvalue weighted by atomic mass is 19.1. The van der Waals surface area contributed by atoms with Crippen molar-refractivity contribution >= 4 is 5.69 Å². The van der Waals surface area contributed by atoms with Gasteiger partial charge in [-0.2, -0.15) is 4.39 Å². The molecule has 5 nitrogen and oxygen atoms in total. The summed E-state index contributed by atoms with van der Waals surface area (Å²) in [6, 6.07) is 4.46. The third-order valence-corrected chi connectivity index (χ3v) is 2.91. The van der Waals surface area contributed by atoms with Crippen molar-refractivity contribution in [3.63, 3.8) is 0 Å².